The van der Waals surface area contributed by atoms with Crippen molar-refractivity contribution in [3.8, 4) is 0 Å². The van der Waals surface area contributed by atoms with Gasteiger partial charge in [0.1, 0.15) is 0 Å². The van der Waals surface area contributed by atoms with E-state index in [9.17, 15) is 0 Å². The van der Waals surface area contributed by atoms with Crippen molar-refractivity contribution in [1.29, 1.82) is 0 Å². The summed E-state index contributed by atoms with van der Waals surface area (Å²) in [7, 11) is 0. The average molecular weight is 352 g/mol. The molecule has 1 fully saturated rings. The molecule has 0 unspecified atom stereocenters. The molecule has 25 heavy (non-hydrogen) atoms. The number of rotatable bonds is 4. The number of hydrogen-bond acceptors (Lipinski definition) is 4. The Bertz CT molecular complexity index is 848. The molecule has 1 aliphatic heterocycles. The molecule has 0 amide bonds. The minimum Gasteiger partial charge on any atom is -0.345 e. The van der Waals surface area contributed by atoms with Gasteiger partial charge in [-0.1, -0.05) is 47.7 Å². The van der Waals surface area contributed by atoms with Crippen LogP contribution in [-0.2, 0) is 6.42 Å². The fraction of sp³-hybridized carbons (Fsp3) is 0.381. The Morgan fingerprint density at radius 2 is 1.76 bits per heavy atom. The monoisotopic (exact) mass is 351 g/mol. The molecule has 4 heteroatoms. The van der Waals surface area contributed by atoms with Gasteiger partial charge in [0.15, 0.2) is 5.13 Å². The zero-order valence-corrected chi connectivity index (χ0v) is 15.9. The molecule has 1 aromatic heterocycles. The fourth-order valence-electron chi connectivity index (χ4n) is 3.59. The Morgan fingerprint density at radius 1 is 1.00 bits per heavy atom. The van der Waals surface area contributed by atoms with Crippen molar-refractivity contribution in [2.75, 3.05) is 37.6 Å². The van der Waals surface area contributed by atoms with E-state index in [1.807, 2.05) is 11.3 Å². The summed E-state index contributed by atoms with van der Waals surface area (Å²) in [5.41, 5.74) is 5.23. The fourth-order valence-corrected chi connectivity index (χ4v) is 4.78. The number of aryl methyl sites for hydroxylation is 2. The molecule has 130 valence electrons. The molecule has 0 spiro atoms. The molecule has 1 aliphatic rings. The van der Waals surface area contributed by atoms with Gasteiger partial charge in [0.05, 0.1) is 10.2 Å². The lowest BCUT2D eigenvalue weighted by atomic mass is 10.1. The van der Waals surface area contributed by atoms with Crippen molar-refractivity contribution in [2.24, 2.45) is 0 Å². The van der Waals surface area contributed by atoms with Gasteiger partial charge < -0.3 is 4.90 Å². The van der Waals surface area contributed by atoms with E-state index in [-0.39, 0.29) is 0 Å². The molecular formula is C21H25N3S. The van der Waals surface area contributed by atoms with Gasteiger partial charge in [0.2, 0.25) is 0 Å². The predicted octanol–water partition coefficient (Wildman–Crippen LogP) is 4.28. The van der Waals surface area contributed by atoms with Crippen molar-refractivity contribution < 1.29 is 0 Å². The summed E-state index contributed by atoms with van der Waals surface area (Å²) in [5.74, 6) is 0. The number of hydrogen-bond donors (Lipinski definition) is 0. The van der Waals surface area contributed by atoms with Gasteiger partial charge in [-0.2, -0.15) is 0 Å². The van der Waals surface area contributed by atoms with Gasteiger partial charge >= 0.3 is 0 Å². The summed E-state index contributed by atoms with van der Waals surface area (Å²) in [5, 5.41) is 1.19. The van der Waals surface area contributed by atoms with Crippen LogP contribution in [-0.4, -0.2) is 42.6 Å². The maximum atomic E-state index is 4.92. The summed E-state index contributed by atoms with van der Waals surface area (Å²) in [6.45, 7) is 9.88. The highest BCUT2D eigenvalue weighted by Gasteiger charge is 2.20. The molecule has 1 saturated heterocycles. The van der Waals surface area contributed by atoms with Gasteiger partial charge in [0.25, 0.3) is 0 Å². The quantitative estimate of drug-likeness (QED) is 0.699. The van der Waals surface area contributed by atoms with Crippen molar-refractivity contribution in [3.63, 3.8) is 0 Å². The molecule has 0 atom stereocenters. The second-order valence-electron chi connectivity index (χ2n) is 6.99. The van der Waals surface area contributed by atoms with Gasteiger partial charge in [-0.15, -0.1) is 0 Å². The topological polar surface area (TPSA) is 19.4 Å². The first-order valence-electron chi connectivity index (χ1n) is 9.08. The number of nitrogens with zero attached hydrogens (tertiary/aromatic N) is 3. The van der Waals surface area contributed by atoms with E-state index in [2.05, 4.69) is 66.1 Å². The van der Waals surface area contributed by atoms with Crippen LogP contribution in [0.1, 0.15) is 16.7 Å². The summed E-state index contributed by atoms with van der Waals surface area (Å²) in [6, 6.07) is 15.3. The predicted molar refractivity (Wildman–Crippen MR) is 108 cm³/mol. The Morgan fingerprint density at radius 3 is 2.52 bits per heavy atom. The third-order valence-corrected chi connectivity index (χ3v) is 6.08. The second kappa shape index (κ2) is 7.14. The smallest absolute Gasteiger partial charge is 0.186 e. The summed E-state index contributed by atoms with van der Waals surface area (Å²) < 4.78 is 1.32. The maximum absolute atomic E-state index is 4.92. The first-order valence-corrected chi connectivity index (χ1v) is 9.90. The van der Waals surface area contributed by atoms with Crippen LogP contribution in [0.3, 0.4) is 0 Å². The number of aromatic nitrogens is 1. The molecule has 0 bridgehead atoms. The Hall–Kier alpha value is -1.91. The van der Waals surface area contributed by atoms with Crippen molar-refractivity contribution >= 4 is 26.7 Å². The number of piperazine rings is 1. The van der Waals surface area contributed by atoms with E-state index >= 15 is 0 Å². The zero-order valence-electron chi connectivity index (χ0n) is 15.0. The molecular weight excluding hydrogens is 326 g/mol. The third kappa shape index (κ3) is 3.70. The minimum absolute atomic E-state index is 1.08. The molecule has 3 aromatic rings. The van der Waals surface area contributed by atoms with Gasteiger partial charge in [-0.25, -0.2) is 4.98 Å². The van der Waals surface area contributed by atoms with Crippen molar-refractivity contribution in [1.82, 2.24) is 9.88 Å². The summed E-state index contributed by atoms with van der Waals surface area (Å²) in [4.78, 5) is 9.95. The number of benzene rings is 2. The number of thiazole rings is 1. The first kappa shape index (κ1) is 16.6. The van der Waals surface area contributed by atoms with Crippen LogP contribution in [0.25, 0.3) is 10.2 Å². The van der Waals surface area contributed by atoms with Crippen LogP contribution in [0.5, 0.6) is 0 Å². The van der Waals surface area contributed by atoms with Crippen LogP contribution >= 0.6 is 11.3 Å². The SMILES string of the molecule is Cc1cc(C)c2nc(N3CCN(CCc4ccccc4)CC3)sc2c1. The van der Waals surface area contributed by atoms with E-state index in [1.54, 1.807) is 0 Å². The van der Waals surface area contributed by atoms with Gasteiger partial charge in [-0.3, -0.25) is 4.90 Å². The molecule has 0 saturated carbocycles. The largest absolute Gasteiger partial charge is 0.345 e. The maximum Gasteiger partial charge on any atom is 0.186 e. The van der Waals surface area contributed by atoms with Crippen molar-refractivity contribution in [2.45, 2.75) is 20.3 Å². The van der Waals surface area contributed by atoms with Gasteiger partial charge in [-0.05, 0) is 43.0 Å². The molecule has 3 nitrogen and oxygen atoms in total. The Balaban J connectivity index is 1.38. The highest BCUT2D eigenvalue weighted by Crippen LogP contribution is 2.32. The van der Waals surface area contributed by atoms with Crippen molar-refractivity contribution in [3.05, 3.63) is 59.2 Å². The van der Waals surface area contributed by atoms with E-state index in [4.69, 9.17) is 4.98 Å². The summed E-state index contributed by atoms with van der Waals surface area (Å²) in [6.07, 6.45) is 1.14. The van der Waals surface area contributed by atoms with Crippen LogP contribution in [0.15, 0.2) is 42.5 Å². The molecule has 2 heterocycles. The third-order valence-electron chi connectivity index (χ3n) is 5.02. The lowest BCUT2D eigenvalue weighted by Gasteiger charge is -2.34. The Kier molecular flexibility index (Phi) is 4.73. The lowest BCUT2D eigenvalue weighted by molar-refractivity contribution is 0.261. The normalized spacial score (nSPS) is 15.8. The first-order chi connectivity index (χ1) is 12.2. The Labute approximate surface area is 153 Å². The second-order valence-corrected chi connectivity index (χ2v) is 8.00. The van der Waals surface area contributed by atoms with Crippen LogP contribution < -0.4 is 4.90 Å². The molecule has 2 aromatic carbocycles. The zero-order chi connectivity index (χ0) is 17.2. The number of anilines is 1. The van der Waals surface area contributed by atoms with Crippen LogP contribution in [0.2, 0.25) is 0 Å². The molecule has 0 aliphatic carbocycles. The van der Waals surface area contributed by atoms with Gasteiger partial charge in [0, 0.05) is 32.7 Å². The lowest BCUT2D eigenvalue weighted by Crippen LogP contribution is -2.46. The highest BCUT2D eigenvalue weighted by molar-refractivity contribution is 7.22. The van der Waals surface area contributed by atoms with E-state index < -0.39 is 0 Å². The van der Waals surface area contributed by atoms with E-state index in [1.165, 1.54) is 32.0 Å². The standard InChI is InChI=1S/C21H25N3S/c1-16-14-17(2)20-19(15-16)25-21(22-20)24-12-10-23(11-13-24)9-8-18-6-4-3-5-7-18/h3-7,14-15H,8-13H2,1-2H3. The summed E-state index contributed by atoms with van der Waals surface area (Å²) >= 11 is 1.84. The molecule has 0 N–H and O–H groups in total. The minimum atomic E-state index is 1.08. The highest BCUT2D eigenvalue weighted by atomic mass is 32.1. The molecule has 4 rings (SSSR count). The molecule has 0 radical (unpaired) electrons. The van der Waals surface area contributed by atoms with Crippen LogP contribution in [0.4, 0.5) is 5.13 Å². The average Bonchev–Trinajstić information content (AvgIpc) is 3.06. The van der Waals surface area contributed by atoms with E-state index in [0.717, 1.165) is 39.1 Å². The van der Waals surface area contributed by atoms with E-state index in [0.29, 0.717) is 0 Å². The van der Waals surface area contributed by atoms with Crippen LogP contribution in [0, 0.1) is 13.8 Å². The number of fused-ring (bicyclic) bond motifs is 1.